The molecule has 0 bridgehead atoms. The summed E-state index contributed by atoms with van der Waals surface area (Å²) in [5, 5.41) is 4.98. The summed E-state index contributed by atoms with van der Waals surface area (Å²) in [6.45, 7) is 3.82. The SMILES string of the molecule is CC(=O)Oc1ccc(/C(C)=N\NC(=O)CSc2nc3ccccc3n2Cc2ccccc2)cc1. The van der Waals surface area contributed by atoms with Crippen LogP contribution in [0.25, 0.3) is 11.0 Å². The molecule has 0 saturated heterocycles. The smallest absolute Gasteiger partial charge is 0.308 e. The second-order valence-electron chi connectivity index (χ2n) is 7.59. The molecule has 1 N–H and O–H groups in total. The molecule has 0 aliphatic carbocycles. The number of para-hydroxylation sites is 2. The zero-order valence-corrected chi connectivity index (χ0v) is 19.7. The number of imidazole rings is 1. The quantitative estimate of drug-likeness (QED) is 0.133. The standard InChI is InChI=1S/C26H24N4O3S/c1-18(21-12-14-22(15-13-21)33-19(2)31)28-29-25(32)17-34-26-27-23-10-6-7-11-24(23)30(26)16-20-8-4-3-5-9-20/h3-15H,16-17H2,1-2H3,(H,29,32)/b28-18-. The van der Waals surface area contributed by atoms with Gasteiger partial charge in [-0.15, -0.1) is 0 Å². The van der Waals surface area contributed by atoms with Crippen LogP contribution in [0.2, 0.25) is 0 Å². The van der Waals surface area contributed by atoms with Crippen molar-refractivity contribution in [3.63, 3.8) is 0 Å². The summed E-state index contributed by atoms with van der Waals surface area (Å²) in [4.78, 5) is 28.2. The molecule has 1 heterocycles. The van der Waals surface area contributed by atoms with E-state index < -0.39 is 0 Å². The van der Waals surface area contributed by atoms with Crippen LogP contribution in [0.4, 0.5) is 0 Å². The van der Waals surface area contributed by atoms with Gasteiger partial charge in [-0.05, 0) is 54.4 Å². The van der Waals surface area contributed by atoms with Crippen molar-refractivity contribution in [3.8, 4) is 5.75 Å². The van der Waals surface area contributed by atoms with E-state index in [1.807, 2.05) is 42.5 Å². The van der Waals surface area contributed by atoms with Gasteiger partial charge in [-0.1, -0.05) is 54.2 Å². The number of amides is 1. The highest BCUT2D eigenvalue weighted by molar-refractivity contribution is 7.99. The number of nitrogens with one attached hydrogen (secondary N) is 1. The molecule has 4 aromatic rings. The average Bonchev–Trinajstić information content (AvgIpc) is 3.19. The van der Waals surface area contributed by atoms with Gasteiger partial charge in [0, 0.05) is 6.92 Å². The van der Waals surface area contributed by atoms with Crippen molar-refractivity contribution in [1.29, 1.82) is 0 Å². The third-order valence-corrected chi connectivity index (χ3v) is 5.99. The van der Waals surface area contributed by atoms with Crippen molar-refractivity contribution in [3.05, 3.63) is 90.0 Å². The van der Waals surface area contributed by atoms with Crippen LogP contribution in [0.15, 0.2) is 89.1 Å². The molecule has 0 atom stereocenters. The third-order valence-electron chi connectivity index (χ3n) is 5.02. The zero-order chi connectivity index (χ0) is 23.9. The number of benzene rings is 3. The van der Waals surface area contributed by atoms with Crippen molar-refractivity contribution >= 4 is 40.4 Å². The van der Waals surface area contributed by atoms with Crippen LogP contribution >= 0.6 is 11.8 Å². The number of esters is 1. The number of rotatable bonds is 8. The summed E-state index contributed by atoms with van der Waals surface area (Å²) in [5.74, 6) is 0.0441. The van der Waals surface area contributed by atoms with Crippen molar-refractivity contribution < 1.29 is 14.3 Å². The molecule has 8 heteroatoms. The Hall–Kier alpha value is -3.91. The molecule has 34 heavy (non-hydrogen) atoms. The molecule has 4 rings (SSSR count). The molecular formula is C26H24N4O3S. The Morgan fingerprint density at radius 1 is 0.971 bits per heavy atom. The molecule has 3 aromatic carbocycles. The molecule has 0 spiro atoms. The van der Waals surface area contributed by atoms with Crippen LogP contribution in [-0.2, 0) is 16.1 Å². The number of hydrogen-bond acceptors (Lipinski definition) is 6. The van der Waals surface area contributed by atoms with Crippen LogP contribution < -0.4 is 10.2 Å². The summed E-state index contributed by atoms with van der Waals surface area (Å²) < 4.78 is 7.16. The number of carbonyl (C=O) groups excluding carboxylic acids is 2. The third kappa shape index (κ3) is 5.90. The molecule has 7 nitrogen and oxygen atoms in total. The summed E-state index contributed by atoms with van der Waals surface area (Å²) >= 11 is 1.38. The van der Waals surface area contributed by atoms with Gasteiger partial charge in [0.2, 0.25) is 0 Å². The number of thioether (sulfide) groups is 1. The Morgan fingerprint density at radius 3 is 2.41 bits per heavy atom. The van der Waals surface area contributed by atoms with E-state index in [0.29, 0.717) is 18.0 Å². The molecule has 1 aromatic heterocycles. The number of hydrazone groups is 1. The summed E-state index contributed by atoms with van der Waals surface area (Å²) in [6.07, 6.45) is 0. The number of aromatic nitrogens is 2. The Kier molecular flexibility index (Phi) is 7.39. The van der Waals surface area contributed by atoms with Crippen molar-refractivity contribution in [2.24, 2.45) is 5.10 Å². The average molecular weight is 473 g/mol. The monoisotopic (exact) mass is 472 g/mol. The maximum absolute atomic E-state index is 12.5. The molecule has 172 valence electrons. The van der Waals surface area contributed by atoms with Gasteiger partial charge in [-0.2, -0.15) is 5.10 Å². The Labute approximate surface area is 201 Å². The highest BCUT2D eigenvalue weighted by atomic mass is 32.2. The van der Waals surface area contributed by atoms with Crippen LogP contribution in [0.3, 0.4) is 0 Å². The van der Waals surface area contributed by atoms with E-state index in [1.54, 1.807) is 31.2 Å². The van der Waals surface area contributed by atoms with Crippen molar-refractivity contribution in [1.82, 2.24) is 15.0 Å². The maximum atomic E-state index is 12.5. The fourth-order valence-corrected chi connectivity index (χ4v) is 4.19. The lowest BCUT2D eigenvalue weighted by atomic mass is 10.1. The normalized spacial score (nSPS) is 11.4. The van der Waals surface area contributed by atoms with Crippen LogP contribution in [0, 0.1) is 0 Å². The highest BCUT2D eigenvalue weighted by Crippen LogP contribution is 2.25. The number of carbonyl (C=O) groups is 2. The molecule has 0 saturated carbocycles. The minimum absolute atomic E-state index is 0.181. The molecule has 0 aliphatic heterocycles. The number of fused-ring (bicyclic) bond motifs is 1. The van der Waals surface area contributed by atoms with Crippen molar-refractivity contribution in [2.75, 3.05) is 5.75 Å². The fraction of sp³-hybridized carbons (Fsp3) is 0.154. The number of ether oxygens (including phenoxy) is 1. The van der Waals surface area contributed by atoms with Gasteiger partial charge < -0.3 is 9.30 Å². The predicted molar refractivity (Wildman–Crippen MR) is 134 cm³/mol. The van der Waals surface area contributed by atoms with Crippen LogP contribution in [0.5, 0.6) is 5.75 Å². The summed E-state index contributed by atoms with van der Waals surface area (Å²) in [6, 6.07) is 25.1. The highest BCUT2D eigenvalue weighted by Gasteiger charge is 2.13. The molecule has 0 unspecified atom stereocenters. The molecule has 0 radical (unpaired) electrons. The maximum Gasteiger partial charge on any atom is 0.308 e. The van der Waals surface area contributed by atoms with Gasteiger partial charge in [-0.25, -0.2) is 10.4 Å². The minimum Gasteiger partial charge on any atom is -0.427 e. The molecular weight excluding hydrogens is 448 g/mol. The lowest BCUT2D eigenvalue weighted by Crippen LogP contribution is -2.21. The zero-order valence-electron chi connectivity index (χ0n) is 18.9. The van der Waals surface area contributed by atoms with Gasteiger partial charge >= 0.3 is 5.97 Å². The Morgan fingerprint density at radius 2 is 1.68 bits per heavy atom. The van der Waals surface area contributed by atoms with Gasteiger partial charge in [0.25, 0.3) is 5.91 Å². The second kappa shape index (κ2) is 10.8. The fourth-order valence-electron chi connectivity index (χ4n) is 3.39. The van der Waals surface area contributed by atoms with E-state index in [4.69, 9.17) is 9.72 Å². The summed E-state index contributed by atoms with van der Waals surface area (Å²) in [7, 11) is 0. The molecule has 0 fully saturated rings. The van der Waals surface area contributed by atoms with E-state index in [-0.39, 0.29) is 17.6 Å². The van der Waals surface area contributed by atoms with Gasteiger partial charge in [-0.3, -0.25) is 9.59 Å². The number of hydrogen-bond donors (Lipinski definition) is 1. The lowest BCUT2D eigenvalue weighted by Gasteiger charge is -2.09. The summed E-state index contributed by atoms with van der Waals surface area (Å²) in [5.41, 5.74) is 7.15. The van der Waals surface area contributed by atoms with E-state index in [1.165, 1.54) is 18.7 Å². The first kappa shape index (κ1) is 23.3. The van der Waals surface area contributed by atoms with E-state index in [0.717, 1.165) is 27.3 Å². The van der Waals surface area contributed by atoms with Crippen LogP contribution in [-0.4, -0.2) is 32.9 Å². The van der Waals surface area contributed by atoms with Gasteiger partial charge in [0.05, 0.1) is 29.0 Å². The molecule has 1 amide bonds. The van der Waals surface area contributed by atoms with Crippen LogP contribution in [0.1, 0.15) is 25.0 Å². The second-order valence-corrected chi connectivity index (χ2v) is 8.54. The lowest BCUT2D eigenvalue weighted by molar-refractivity contribution is -0.131. The Bertz CT molecular complexity index is 1330. The minimum atomic E-state index is -0.375. The topological polar surface area (TPSA) is 85.6 Å². The first-order chi connectivity index (χ1) is 16.5. The van der Waals surface area contributed by atoms with E-state index in [2.05, 4.69) is 27.2 Å². The predicted octanol–water partition coefficient (Wildman–Crippen LogP) is 4.64. The van der Waals surface area contributed by atoms with E-state index >= 15 is 0 Å². The van der Waals surface area contributed by atoms with E-state index in [9.17, 15) is 9.59 Å². The largest absolute Gasteiger partial charge is 0.427 e. The van der Waals surface area contributed by atoms with Gasteiger partial charge in [0.1, 0.15) is 5.75 Å². The van der Waals surface area contributed by atoms with Crippen molar-refractivity contribution in [2.45, 2.75) is 25.5 Å². The van der Waals surface area contributed by atoms with Gasteiger partial charge in [0.15, 0.2) is 5.16 Å². The first-order valence-corrected chi connectivity index (χ1v) is 11.7. The Balaban J connectivity index is 1.41. The first-order valence-electron chi connectivity index (χ1n) is 10.7. The molecule has 0 aliphatic rings. The number of nitrogens with zero attached hydrogens (tertiary/aromatic N) is 3.